The Balaban J connectivity index is 0.000000111. The predicted octanol–water partition coefficient (Wildman–Crippen LogP) is 36.5. The number of hydrogen-bond acceptors (Lipinski definition) is 13. The van der Waals surface area contributed by atoms with Crippen molar-refractivity contribution in [3.63, 3.8) is 0 Å². The summed E-state index contributed by atoms with van der Waals surface area (Å²) >= 11 is 1.82. The van der Waals surface area contributed by atoms with Gasteiger partial charge in [-0.2, -0.15) is 0 Å². The van der Waals surface area contributed by atoms with Crippen LogP contribution in [0.4, 0.5) is 4.39 Å². The molecule has 2 atom stereocenters. The first-order valence-corrected chi connectivity index (χ1v) is 51.0. The second-order valence-corrected chi connectivity index (χ2v) is 41.6. The summed E-state index contributed by atoms with van der Waals surface area (Å²) in [5.74, 6) is 3.12. The molecule has 2 unspecified atom stereocenters. The summed E-state index contributed by atoms with van der Waals surface area (Å²) in [6, 6.07) is 129. The van der Waals surface area contributed by atoms with Gasteiger partial charge in [-0.25, -0.2) is 39.3 Å². The van der Waals surface area contributed by atoms with Gasteiger partial charge in [0, 0.05) is 130 Å². The second kappa shape index (κ2) is 34.5. The van der Waals surface area contributed by atoms with Crippen LogP contribution in [-0.4, -0.2) is 39.9 Å². The molecule has 708 valence electrons. The largest absolute Gasteiger partial charge is 0.456 e. The number of nitrogens with zero attached hydrogens (tertiary/aromatic N) is 8. The lowest BCUT2D eigenvalue weighted by molar-refractivity contribution is 0.255. The molecule has 9 aromatic heterocycles. The van der Waals surface area contributed by atoms with E-state index in [-0.39, 0.29) is 34.9 Å². The molecule has 9 heterocycles. The predicted molar refractivity (Wildman–Crippen MR) is 602 cm³/mol. The smallest absolute Gasteiger partial charge is 0.164 e. The molecule has 14 heteroatoms. The number of hydrogen-bond donors (Lipinski definition) is 0. The third-order valence-electron chi connectivity index (χ3n) is 31.9. The first-order chi connectivity index (χ1) is 71.4. The molecule has 12 nitrogen and oxygen atoms in total. The van der Waals surface area contributed by atoms with Gasteiger partial charge in [0.05, 0.1) is 28.5 Å². The van der Waals surface area contributed by atoms with Crippen LogP contribution in [0.2, 0.25) is 0 Å². The number of pyridine rings is 1. The van der Waals surface area contributed by atoms with Crippen molar-refractivity contribution in [1.29, 1.82) is 0 Å². The van der Waals surface area contributed by atoms with Crippen LogP contribution in [0.1, 0.15) is 116 Å². The van der Waals surface area contributed by atoms with Crippen molar-refractivity contribution >= 4 is 130 Å². The van der Waals surface area contributed by atoms with Gasteiger partial charge in [-0.3, -0.25) is 4.98 Å². The highest BCUT2D eigenvalue weighted by molar-refractivity contribution is 7.26. The second-order valence-electron chi connectivity index (χ2n) is 40.6. The quantitative estimate of drug-likeness (QED) is 0.114. The van der Waals surface area contributed by atoms with Gasteiger partial charge >= 0.3 is 0 Å². The Morgan fingerprint density at radius 3 is 1.36 bits per heavy atom. The summed E-state index contributed by atoms with van der Waals surface area (Å²) in [4.78, 5) is 40.9. The van der Waals surface area contributed by atoms with E-state index in [4.69, 9.17) is 57.5 Å². The van der Waals surface area contributed by atoms with Gasteiger partial charge in [0.1, 0.15) is 50.5 Å². The minimum atomic E-state index is -0.300. The van der Waals surface area contributed by atoms with Crippen molar-refractivity contribution in [3.05, 3.63) is 422 Å². The highest BCUT2D eigenvalue weighted by Crippen LogP contribution is 2.63. The molecule has 0 amide bonds. The normalized spacial score (nSPS) is 14.8. The van der Waals surface area contributed by atoms with Crippen molar-refractivity contribution in [2.45, 2.75) is 98.8 Å². The molecule has 0 radical (unpaired) electrons. The highest BCUT2D eigenvalue weighted by Gasteiger charge is 2.50. The zero-order valence-corrected chi connectivity index (χ0v) is 82.7. The fourth-order valence-corrected chi connectivity index (χ4v) is 25.1. The van der Waals surface area contributed by atoms with Crippen LogP contribution in [0.15, 0.2) is 400 Å². The van der Waals surface area contributed by atoms with E-state index < -0.39 is 0 Å². The van der Waals surface area contributed by atoms with E-state index in [0.717, 1.165) is 168 Å². The van der Waals surface area contributed by atoms with Crippen LogP contribution in [0.25, 0.3) is 254 Å². The zero-order chi connectivity index (χ0) is 98.3. The molecule has 0 aliphatic heterocycles. The van der Waals surface area contributed by atoms with Crippen LogP contribution in [0.5, 0.6) is 0 Å². The maximum atomic E-state index is 13.9. The monoisotopic (exact) mass is 1920 g/mol. The van der Waals surface area contributed by atoms with Crippen LogP contribution < -0.4 is 0 Å². The van der Waals surface area contributed by atoms with Crippen molar-refractivity contribution in [1.82, 2.24) is 39.9 Å². The van der Waals surface area contributed by atoms with Gasteiger partial charge in [-0.15, -0.1) is 11.3 Å². The van der Waals surface area contributed by atoms with Crippen LogP contribution >= 0.6 is 11.3 Å². The molecule has 0 fully saturated rings. The maximum Gasteiger partial charge on any atom is 0.164 e. The molecule has 29 rings (SSSR count). The number of para-hydroxylation sites is 4. The lowest BCUT2D eigenvalue weighted by atomic mass is 9.62. The Hall–Kier alpha value is -17.3. The van der Waals surface area contributed by atoms with E-state index in [2.05, 4.69) is 323 Å². The lowest BCUT2D eigenvalue weighted by Gasteiger charge is -2.41. The fraction of sp³-hybridized carbons (Fsp3) is 0.128. The van der Waals surface area contributed by atoms with E-state index in [1.54, 1.807) is 12.1 Å². The van der Waals surface area contributed by atoms with Gasteiger partial charge in [0.2, 0.25) is 0 Å². The third kappa shape index (κ3) is 14.0. The van der Waals surface area contributed by atoms with E-state index in [9.17, 15) is 4.39 Å². The number of halogens is 1. The highest BCUT2D eigenvalue weighted by atomic mass is 32.1. The topological polar surface area (TPSA) is 156 Å². The molecule has 3 aliphatic rings. The van der Waals surface area contributed by atoms with Gasteiger partial charge < -0.3 is 17.7 Å². The maximum absolute atomic E-state index is 13.9. The molecule has 17 aromatic carbocycles. The Bertz CT molecular complexity index is 9890. The minimum absolute atomic E-state index is 0. The van der Waals surface area contributed by atoms with E-state index in [1.807, 2.05) is 109 Å². The molecule has 26 aromatic rings. The molecule has 0 bridgehead atoms. The number of benzene rings is 17. The van der Waals surface area contributed by atoms with Crippen molar-refractivity contribution < 1.29 is 22.1 Å². The number of fused-ring (bicyclic) bond motifs is 28. The Labute approximate surface area is 853 Å². The minimum Gasteiger partial charge on any atom is -0.456 e. The average molecular weight is 1920 g/mol. The van der Waals surface area contributed by atoms with Crippen molar-refractivity contribution in [2.24, 2.45) is 11.3 Å². The molecule has 147 heavy (non-hydrogen) atoms. The summed E-state index contributed by atoms with van der Waals surface area (Å²) in [6.07, 6.45) is 3.73. The van der Waals surface area contributed by atoms with Crippen LogP contribution in [0.3, 0.4) is 0 Å². The molecule has 0 saturated carbocycles. The van der Waals surface area contributed by atoms with Gasteiger partial charge in [-0.1, -0.05) is 325 Å². The summed E-state index contributed by atoms with van der Waals surface area (Å²) in [6.45, 7) is 21.0. The van der Waals surface area contributed by atoms with Crippen molar-refractivity contribution in [3.8, 4) is 135 Å². The summed E-state index contributed by atoms with van der Waals surface area (Å²) in [7, 11) is 0. The molecule has 3 aliphatic carbocycles. The first kappa shape index (κ1) is 89.7. The fourth-order valence-electron chi connectivity index (χ4n) is 23.9. The summed E-state index contributed by atoms with van der Waals surface area (Å²) in [5.41, 5.74) is 33.8. The Morgan fingerprint density at radius 2 is 0.735 bits per heavy atom. The third-order valence-corrected chi connectivity index (χ3v) is 33.2. The summed E-state index contributed by atoms with van der Waals surface area (Å²) < 4.78 is 41.9. The summed E-state index contributed by atoms with van der Waals surface area (Å²) in [5, 5.41) is 13.8. The van der Waals surface area contributed by atoms with E-state index >= 15 is 0 Å². The van der Waals surface area contributed by atoms with E-state index in [0.29, 0.717) is 35.0 Å². The number of thiophene rings is 1. The number of rotatable bonds is 12. The van der Waals surface area contributed by atoms with Gasteiger partial charge in [0.25, 0.3) is 0 Å². The Morgan fingerprint density at radius 1 is 0.299 bits per heavy atom. The molecular formula is C133H99FN8O4S. The van der Waals surface area contributed by atoms with Crippen molar-refractivity contribution in [2.75, 3.05) is 0 Å². The molecular weight excluding hydrogens is 1820 g/mol. The van der Waals surface area contributed by atoms with Crippen LogP contribution in [0, 0.1) is 17.2 Å². The molecule has 0 saturated heterocycles. The molecule has 0 N–H and O–H groups in total. The number of aromatic nitrogens is 8. The van der Waals surface area contributed by atoms with Gasteiger partial charge in [-0.05, 0) is 223 Å². The average Bonchev–Trinajstić information content (AvgIpc) is 1.63. The van der Waals surface area contributed by atoms with Crippen LogP contribution in [-0.2, 0) is 16.2 Å². The Kier molecular flexibility index (Phi) is 21.0. The molecule has 0 spiro atoms. The lowest BCUT2D eigenvalue weighted by Crippen LogP contribution is -2.36. The zero-order valence-electron chi connectivity index (χ0n) is 81.9. The van der Waals surface area contributed by atoms with Gasteiger partial charge in [0.15, 0.2) is 29.1 Å². The number of furan rings is 4. The standard InChI is InChI=1S/C46H34N2O2.C44H31N3OS.C42H30FN3O.CH4/c1-45(2,3)46(4)33-22-21-28(25-32(33)42-34(46)23-24-40-43(42)31-16-9-11-19-38(31)50-40)44-47-35(27-13-6-5-7-14-27)26-36(48-44)29-17-12-20-39-41(29)30-15-8-10-18-37(30)49-39;1-25(2)44(3)32-19-18-26(23-31(32)40-33(44)20-21-38-41(40)30-12-4-6-16-37(30)48-38)43-46-35(24-36(47-43)34-15-8-9-22-45-34)29-14-10-13-28-27-11-5-7-17-39(27)49-42(28)29;1-3-42(4-2)33-22-23-36-38(32-13-7-8-15-35(32)47-36)37(33)31-21-18-27(24-34(31)42)40-44-39(26-16-19-28(43)20-17-26)45-41(46-40)30-14-9-11-25-10-5-6-12-29(25)30;/h5-26H,1-4H3;4-25H,1-3H3;5-24H,3-4H2,1-2H3;1H4. The SMILES string of the molecule is C.CC(C)(C)C1(C)c2ccc(-c3nc(-c4ccccc4)cc(-c4cccc5oc6ccccc6c45)n3)cc2-c2c1ccc1oc3ccccc3c21.CC(C)C1(C)c2ccc(-c3nc(-c4ccccn4)cc(-c4cccc5c4sc4ccccc45)n3)cc2-c2c1ccc1oc3ccccc3c21.CCC1(CC)c2cc(-c3nc(-c4ccc(F)cc4)nc(-c4cccc5ccccc45)n3)ccc2-c2c1ccc1oc3ccccc3c21. The first-order valence-electron chi connectivity index (χ1n) is 50.2. The van der Waals surface area contributed by atoms with E-state index in [1.165, 1.54) is 115 Å².